The van der Waals surface area contributed by atoms with Crippen molar-refractivity contribution in [2.75, 3.05) is 0 Å². The molecule has 0 aromatic heterocycles. The predicted molar refractivity (Wildman–Crippen MR) is 65.5 cm³/mol. The van der Waals surface area contributed by atoms with E-state index in [9.17, 15) is 13.6 Å². The summed E-state index contributed by atoms with van der Waals surface area (Å²) in [6, 6.07) is 12.1. The molecule has 2 aromatic carbocycles. The molecule has 1 atom stereocenters. The van der Waals surface area contributed by atoms with Crippen molar-refractivity contribution in [1.82, 2.24) is 0 Å². The lowest BCUT2D eigenvalue weighted by molar-refractivity contribution is 0.0962. The van der Waals surface area contributed by atoms with Crippen LogP contribution in [0.3, 0.4) is 0 Å². The van der Waals surface area contributed by atoms with E-state index in [-0.39, 0.29) is 11.3 Å². The van der Waals surface area contributed by atoms with Gasteiger partial charge in [0.15, 0.2) is 5.78 Å². The summed E-state index contributed by atoms with van der Waals surface area (Å²) in [6.45, 7) is 1.71. The molecule has 0 spiro atoms. The largest absolute Gasteiger partial charge is 0.293 e. The molecule has 0 heterocycles. The minimum atomic E-state index is -0.817. The molecule has 0 aliphatic heterocycles. The van der Waals surface area contributed by atoms with Gasteiger partial charge in [-0.1, -0.05) is 37.3 Å². The molecule has 92 valence electrons. The van der Waals surface area contributed by atoms with E-state index >= 15 is 0 Å². The van der Waals surface area contributed by atoms with Crippen molar-refractivity contribution in [3.63, 3.8) is 0 Å². The Kier molecular flexibility index (Phi) is 3.51. The minimum Gasteiger partial charge on any atom is -0.293 e. The van der Waals surface area contributed by atoms with Crippen molar-refractivity contribution in [3.05, 3.63) is 71.3 Å². The number of rotatable bonds is 3. The second-order valence-corrected chi connectivity index (χ2v) is 4.12. The number of hydrogen-bond donors (Lipinski definition) is 0. The topological polar surface area (TPSA) is 17.1 Å². The van der Waals surface area contributed by atoms with Crippen LogP contribution in [0.15, 0.2) is 48.5 Å². The molecule has 1 unspecified atom stereocenters. The van der Waals surface area contributed by atoms with E-state index in [0.29, 0.717) is 0 Å². The molecule has 0 amide bonds. The van der Waals surface area contributed by atoms with Crippen LogP contribution in [0.2, 0.25) is 0 Å². The van der Waals surface area contributed by atoms with Gasteiger partial charge in [-0.05, 0) is 17.7 Å². The molecule has 0 aliphatic rings. The van der Waals surface area contributed by atoms with Crippen LogP contribution in [0, 0.1) is 11.6 Å². The summed E-state index contributed by atoms with van der Waals surface area (Å²) in [5.74, 6) is -2.30. The Balaban J connectivity index is 2.32. The van der Waals surface area contributed by atoms with Gasteiger partial charge in [-0.3, -0.25) is 4.79 Å². The zero-order chi connectivity index (χ0) is 13.1. The fourth-order valence-corrected chi connectivity index (χ4v) is 1.82. The van der Waals surface area contributed by atoms with E-state index in [0.717, 1.165) is 17.7 Å². The SMILES string of the molecule is CC(C(=O)c1ccc(F)cc1F)c1ccccc1. The highest BCUT2D eigenvalue weighted by Crippen LogP contribution is 2.22. The van der Waals surface area contributed by atoms with Crippen LogP contribution in [-0.2, 0) is 0 Å². The zero-order valence-corrected chi connectivity index (χ0v) is 9.86. The quantitative estimate of drug-likeness (QED) is 0.749. The van der Waals surface area contributed by atoms with Crippen molar-refractivity contribution < 1.29 is 13.6 Å². The van der Waals surface area contributed by atoms with Crippen LogP contribution in [0.25, 0.3) is 0 Å². The second-order valence-electron chi connectivity index (χ2n) is 4.12. The van der Waals surface area contributed by atoms with Crippen molar-refractivity contribution in [2.45, 2.75) is 12.8 Å². The van der Waals surface area contributed by atoms with Crippen LogP contribution in [0.5, 0.6) is 0 Å². The summed E-state index contributed by atoms with van der Waals surface area (Å²) >= 11 is 0. The molecule has 0 N–H and O–H groups in total. The summed E-state index contributed by atoms with van der Waals surface area (Å²) in [4.78, 5) is 12.1. The first-order valence-corrected chi connectivity index (χ1v) is 5.64. The van der Waals surface area contributed by atoms with E-state index in [1.54, 1.807) is 6.92 Å². The molecular formula is C15H12F2O. The number of carbonyl (C=O) groups excluding carboxylic acids is 1. The molecular weight excluding hydrogens is 234 g/mol. The highest BCUT2D eigenvalue weighted by atomic mass is 19.1. The summed E-state index contributed by atoms with van der Waals surface area (Å²) in [7, 11) is 0. The number of hydrogen-bond acceptors (Lipinski definition) is 1. The van der Waals surface area contributed by atoms with E-state index in [1.165, 1.54) is 6.07 Å². The summed E-state index contributed by atoms with van der Waals surface area (Å²) in [5, 5.41) is 0. The van der Waals surface area contributed by atoms with Gasteiger partial charge in [-0.15, -0.1) is 0 Å². The zero-order valence-electron chi connectivity index (χ0n) is 9.86. The third-order valence-corrected chi connectivity index (χ3v) is 2.89. The van der Waals surface area contributed by atoms with Crippen molar-refractivity contribution in [3.8, 4) is 0 Å². The molecule has 2 aromatic rings. The molecule has 3 heteroatoms. The fraction of sp³-hybridized carbons (Fsp3) is 0.133. The highest BCUT2D eigenvalue weighted by Gasteiger charge is 2.20. The highest BCUT2D eigenvalue weighted by molar-refractivity contribution is 6.00. The Morgan fingerprint density at radius 2 is 1.72 bits per heavy atom. The lowest BCUT2D eigenvalue weighted by Gasteiger charge is -2.11. The van der Waals surface area contributed by atoms with Crippen LogP contribution >= 0.6 is 0 Å². The van der Waals surface area contributed by atoms with E-state index in [4.69, 9.17) is 0 Å². The first-order chi connectivity index (χ1) is 8.59. The molecule has 1 nitrogen and oxygen atoms in total. The Morgan fingerprint density at radius 3 is 2.33 bits per heavy atom. The molecule has 0 saturated carbocycles. The van der Waals surface area contributed by atoms with Crippen LogP contribution < -0.4 is 0 Å². The van der Waals surface area contributed by atoms with Crippen LogP contribution in [-0.4, -0.2) is 5.78 Å². The van der Waals surface area contributed by atoms with Crippen molar-refractivity contribution in [2.24, 2.45) is 0 Å². The number of ketones is 1. The van der Waals surface area contributed by atoms with E-state index in [1.807, 2.05) is 30.3 Å². The maximum atomic E-state index is 13.5. The Labute approximate surface area is 104 Å². The monoisotopic (exact) mass is 246 g/mol. The third-order valence-electron chi connectivity index (χ3n) is 2.89. The van der Waals surface area contributed by atoms with Gasteiger partial charge in [0.2, 0.25) is 0 Å². The number of benzene rings is 2. The van der Waals surface area contributed by atoms with E-state index in [2.05, 4.69) is 0 Å². The molecule has 0 bridgehead atoms. The number of halogens is 2. The van der Waals surface area contributed by atoms with Gasteiger partial charge in [-0.2, -0.15) is 0 Å². The van der Waals surface area contributed by atoms with Gasteiger partial charge in [0.1, 0.15) is 11.6 Å². The fourth-order valence-electron chi connectivity index (χ4n) is 1.82. The maximum absolute atomic E-state index is 13.5. The molecule has 0 aliphatic carbocycles. The lowest BCUT2D eigenvalue weighted by atomic mass is 9.92. The lowest BCUT2D eigenvalue weighted by Crippen LogP contribution is -2.11. The smallest absolute Gasteiger partial charge is 0.172 e. The average Bonchev–Trinajstić information content (AvgIpc) is 2.38. The number of Topliss-reactive ketones (excluding diaryl/α,β-unsaturated/α-hetero) is 1. The van der Waals surface area contributed by atoms with Crippen LogP contribution in [0.1, 0.15) is 28.8 Å². The average molecular weight is 246 g/mol. The third kappa shape index (κ3) is 2.45. The summed E-state index contributed by atoms with van der Waals surface area (Å²) in [5.41, 5.74) is 0.735. The Morgan fingerprint density at radius 1 is 1.06 bits per heavy atom. The van der Waals surface area contributed by atoms with Gasteiger partial charge in [-0.25, -0.2) is 8.78 Å². The molecule has 2 rings (SSSR count). The second kappa shape index (κ2) is 5.08. The number of carbonyl (C=O) groups is 1. The van der Waals surface area contributed by atoms with Gasteiger partial charge < -0.3 is 0 Å². The van der Waals surface area contributed by atoms with Gasteiger partial charge in [0.25, 0.3) is 0 Å². The van der Waals surface area contributed by atoms with Crippen molar-refractivity contribution >= 4 is 5.78 Å². The minimum absolute atomic E-state index is 0.0762. The van der Waals surface area contributed by atoms with Crippen molar-refractivity contribution in [1.29, 1.82) is 0 Å². The van der Waals surface area contributed by atoms with Gasteiger partial charge in [0, 0.05) is 12.0 Å². The summed E-state index contributed by atoms with van der Waals surface area (Å²) < 4.78 is 26.3. The Hall–Kier alpha value is -2.03. The Bertz CT molecular complexity index is 564. The van der Waals surface area contributed by atoms with Crippen LogP contribution in [0.4, 0.5) is 8.78 Å². The molecule has 0 saturated heterocycles. The van der Waals surface area contributed by atoms with E-state index < -0.39 is 17.6 Å². The van der Waals surface area contributed by atoms with Gasteiger partial charge in [0.05, 0.1) is 5.56 Å². The first-order valence-electron chi connectivity index (χ1n) is 5.64. The standard InChI is InChI=1S/C15H12F2O/c1-10(11-5-3-2-4-6-11)15(18)13-8-7-12(16)9-14(13)17/h2-10H,1H3. The van der Waals surface area contributed by atoms with Gasteiger partial charge >= 0.3 is 0 Å². The molecule has 18 heavy (non-hydrogen) atoms. The molecule has 0 radical (unpaired) electrons. The normalized spacial score (nSPS) is 12.2. The first kappa shape index (κ1) is 12.4. The predicted octanol–water partition coefficient (Wildman–Crippen LogP) is 3.95. The molecule has 0 fully saturated rings. The summed E-state index contributed by atoms with van der Waals surface area (Å²) in [6.07, 6.45) is 0. The maximum Gasteiger partial charge on any atom is 0.172 e.